The predicted molar refractivity (Wildman–Crippen MR) is 73.6 cm³/mol. The topological polar surface area (TPSA) is 66.8 Å². The maximum Gasteiger partial charge on any atom is 0.133 e. The van der Waals surface area contributed by atoms with E-state index in [1.54, 1.807) is 12.5 Å². The van der Waals surface area contributed by atoms with E-state index < -0.39 is 0 Å². The number of nitriles is 1. The summed E-state index contributed by atoms with van der Waals surface area (Å²) < 4.78 is 7.54. The predicted octanol–water partition coefficient (Wildman–Crippen LogP) is 2.38. The van der Waals surface area contributed by atoms with Gasteiger partial charge in [0.25, 0.3) is 0 Å². The highest BCUT2D eigenvalue weighted by molar-refractivity contribution is 5.17. The Kier molecular flexibility index (Phi) is 3.57. The maximum atomic E-state index is 9.23. The molecule has 0 bridgehead atoms. The Hall–Kier alpha value is -2.06. The number of nitrogens with one attached hydrogen (secondary N) is 1. The van der Waals surface area contributed by atoms with Crippen molar-refractivity contribution in [1.29, 1.82) is 5.26 Å². The average molecular weight is 270 g/mol. The molecule has 0 saturated heterocycles. The highest BCUT2D eigenvalue weighted by Crippen LogP contribution is 2.29. The molecule has 0 radical (unpaired) electrons. The van der Waals surface area contributed by atoms with Gasteiger partial charge in [-0.05, 0) is 25.0 Å². The second-order valence-corrected chi connectivity index (χ2v) is 5.28. The van der Waals surface area contributed by atoms with Crippen LogP contribution in [0.1, 0.15) is 36.9 Å². The fourth-order valence-corrected chi connectivity index (χ4v) is 2.92. The Labute approximate surface area is 118 Å². The lowest BCUT2D eigenvalue weighted by Gasteiger charge is -2.23. The molecule has 5 heteroatoms. The molecule has 1 N–H and O–H groups in total. The first-order chi connectivity index (χ1) is 9.79. The first kappa shape index (κ1) is 12.9. The Morgan fingerprint density at radius 2 is 2.45 bits per heavy atom. The molecule has 0 aromatic carbocycles. The second-order valence-electron chi connectivity index (χ2n) is 5.28. The molecule has 1 aliphatic rings. The molecule has 2 aromatic rings. The van der Waals surface area contributed by atoms with E-state index in [0.29, 0.717) is 0 Å². The van der Waals surface area contributed by atoms with Gasteiger partial charge in [-0.25, -0.2) is 4.98 Å². The van der Waals surface area contributed by atoms with Crippen LogP contribution in [0.2, 0.25) is 0 Å². The number of furan rings is 1. The van der Waals surface area contributed by atoms with Crippen molar-refractivity contribution in [1.82, 2.24) is 14.9 Å². The Bertz CT molecular complexity index is 596. The highest BCUT2D eigenvalue weighted by atomic mass is 16.3. The zero-order chi connectivity index (χ0) is 13.9. The summed E-state index contributed by atoms with van der Waals surface area (Å²) in [6.07, 6.45) is 8.47. The van der Waals surface area contributed by atoms with Gasteiger partial charge in [-0.15, -0.1) is 0 Å². The van der Waals surface area contributed by atoms with Crippen molar-refractivity contribution in [3.05, 3.63) is 42.4 Å². The van der Waals surface area contributed by atoms with Crippen LogP contribution in [0.15, 0.2) is 35.2 Å². The minimum absolute atomic E-state index is 0.0766. The number of aryl methyl sites for hydroxylation is 1. The lowest BCUT2D eigenvalue weighted by Crippen LogP contribution is -2.36. The van der Waals surface area contributed by atoms with Gasteiger partial charge in [0.1, 0.15) is 17.6 Å². The molecule has 3 atom stereocenters. The van der Waals surface area contributed by atoms with Gasteiger partial charge in [0.15, 0.2) is 0 Å². The second kappa shape index (κ2) is 5.51. The van der Waals surface area contributed by atoms with E-state index >= 15 is 0 Å². The summed E-state index contributed by atoms with van der Waals surface area (Å²) in [7, 11) is 1.97. The Morgan fingerprint density at radius 1 is 1.55 bits per heavy atom. The summed E-state index contributed by atoms with van der Waals surface area (Å²) in [6, 6.07) is 6.32. The molecule has 3 unspecified atom stereocenters. The third kappa shape index (κ3) is 2.35. The van der Waals surface area contributed by atoms with Gasteiger partial charge in [-0.3, -0.25) is 5.32 Å². The third-order valence-corrected chi connectivity index (χ3v) is 4.01. The quantitative estimate of drug-likeness (QED) is 0.926. The molecule has 1 aliphatic carbocycles. The molecule has 1 saturated carbocycles. The van der Waals surface area contributed by atoms with E-state index in [1.165, 1.54) is 0 Å². The zero-order valence-electron chi connectivity index (χ0n) is 11.5. The van der Waals surface area contributed by atoms with E-state index in [2.05, 4.69) is 16.4 Å². The molecule has 0 aliphatic heterocycles. The van der Waals surface area contributed by atoms with E-state index in [-0.39, 0.29) is 18.0 Å². The van der Waals surface area contributed by atoms with Crippen LogP contribution in [-0.4, -0.2) is 15.6 Å². The van der Waals surface area contributed by atoms with Crippen LogP contribution in [0.3, 0.4) is 0 Å². The van der Waals surface area contributed by atoms with Crippen molar-refractivity contribution in [3.63, 3.8) is 0 Å². The van der Waals surface area contributed by atoms with Crippen LogP contribution in [0.5, 0.6) is 0 Å². The molecule has 5 nitrogen and oxygen atoms in total. The minimum Gasteiger partial charge on any atom is -0.467 e. The third-order valence-electron chi connectivity index (χ3n) is 4.01. The molecule has 2 heterocycles. The zero-order valence-corrected chi connectivity index (χ0v) is 11.5. The fraction of sp³-hybridized carbons (Fsp3) is 0.467. The monoisotopic (exact) mass is 270 g/mol. The van der Waals surface area contributed by atoms with Gasteiger partial charge in [0, 0.05) is 25.5 Å². The molecule has 3 rings (SSSR count). The Balaban J connectivity index is 1.88. The van der Waals surface area contributed by atoms with Gasteiger partial charge in [-0.1, -0.05) is 6.42 Å². The lowest BCUT2D eigenvalue weighted by molar-refractivity contribution is 0.369. The molecular formula is C15H18N4O. The van der Waals surface area contributed by atoms with E-state index in [9.17, 15) is 5.26 Å². The number of hydrogen-bond donors (Lipinski definition) is 1. The number of nitrogens with zero attached hydrogens (tertiary/aromatic N) is 3. The standard InChI is InChI=1S/C15H18N4O/c1-19-8-7-17-15(19)14(13-6-3-9-20-13)18-12-5-2-4-11(12)10-16/h3,6-9,11-12,14,18H,2,4-5H2,1H3. The molecule has 2 aromatic heterocycles. The van der Waals surface area contributed by atoms with E-state index in [4.69, 9.17) is 4.42 Å². The van der Waals surface area contributed by atoms with E-state index in [1.807, 2.05) is 29.9 Å². The van der Waals surface area contributed by atoms with Crippen molar-refractivity contribution >= 4 is 0 Å². The highest BCUT2D eigenvalue weighted by Gasteiger charge is 2.32. The fourth-order valence-electron chi connectivity index (χ4n) is 2.92. The van der Waals surface area contributed by atoms with Crippen LogP contribution in [0.4, 0.5) is 0 Å². The van der Waals surface area contributed by atoms with Crippen molar-refractivity contribution < 1.29 is 4.42 Å². The van der Waals surface area contributed by atoms with Gasteiger partial charge in [-0.2, -0.15) is 5.26 Å². The number of imidazole rings is 1. The minimum atomic E-state index is -0.107. The van der Waals surface area contributed by atoms with Crippen molar-refractivity contribution in [3.8, 4) is 6.07 Å². The lowest BCUT2D eigenvalue weighted by atomic mass is 10.0. The van der Waals surface area contributed by atoms with Crippen LogP contribution in [-0.2, 0) is 7.05 Å². The van der Waals surface area contributed by atoms with Crippen molar-refractivity contribution in [2.45, 2.75) is 31.3 Å². The summed E-state index contributed by atoms with van der Waals surface area (Å²) in [6.45, 7) is 0. The van der Waals surface area contributed by atoms with E-state index in [0.717, 1.165) is 30.8 Å². The first-order valence-corrected chi connectivity index (χ1v) is 6.96. The average Bonchev–Trinajstić information content (AvgIpc) is 3.17. The van der Waals surface area contributed by atoms with Crippen LogP contribution in [0.25, 0.3) is 0 Å². The van der Waals surface area contributed by atoms with Crippen LogP contribution < -0.4 is 5.32 Å². The van der Waals surface area contributed by atoms with Crippen molar-refractivity contribution in [2.75, 3.05) is 0 Å². The van der Waals surface area contributed by atoms with Gasteiger partial charge >= 0.3 is 0 Å². The van der Waals surface area contributed by atoms with Crippen molar-refractivity contribution in [2.24, 2.45) is 13.0 Å². The summed E-state index contributed by atoms with van der Waals surface area (Å²) in [4.78, 5) is 4.42. The summed E-state index contributed by atoms with van der Waals surface area (Å²) in [5.74, 6) is 1.82. The summed E-state index contributed by atoms with van der Waals surface area (Å²) in [5.41, 5.74) is 0. The normalized spacial score (nSPS) is 23.6. The van der Waals surface area contributed by atoms with Gasteiger partial charge in [0.2, 0.25) is 0 Å². The molecular weight excluding hydrogens is 252 g/mol. The SMILES string of the molecule is Cn1ccnc1C(NC1CCCC1C#N)c1ccco1. The van der Waals surface area contributed by atoms with Gasteiger partial charge < -0.3 is 8.98 Å². The molecule has 1 fully saturated rings. The number of aromatic nitrogens is 2. The van der Waals surface area contributed by atoms with Crippen LogP contribution >= 0.6 is 0 Å². The summed E-state index contributed by atoms with van der Waals surface area (Å²) in [5, 5.41) is 12.8. The maximum absolute atomic E-state index is 9.23. The smallest absolute Gasteiger partial charge is 0.133 e. The first-order valence-electron chi connectivity index (χ1n) is 6.96. The molecule has 0 spiro atoms. The van der Waals surface area contributed by atoms with Gasteiger partial charge in [0.05, 0.1) is 18.3 Å². The summed E-state index contributed by atoms with van der Waals surface area (Å²) >= 11 is 0. The Morgan fingerprint density at radius 3 is 3.10 bits per heavy atom. The molecule has 0 amide bonds. The number of hydrogen-bond acceptors (Lipinski definition) is 4. The molecule has 20 heavy (non-hydrogen) atoms. The molecule has 104 valence electrons. The number of rotatable bonds is 4. The van der Waals surface area contributed by atoms with Crippen LogP contribution in [0, 0.1) is 17.2 Å². The largest absolute Gasteiger partial charge is 0.467 e.